The number of hydrogen-bond acceptors (Lipinski definition) is 5. The smallest absolute Gasteiger partial charge is 0.202 e. The van der Waals surface area contributed by atoms with Gasteiger partial charge in [-0.05, 0) is 50.0 Å². The maximum absolute atomic E-state index is 6.51. The Morgan fingerprint density at radius 2 is 1.14 bits per heavy atom. The van der Waals surface area contributed by atoms with Crippen molar-refractivity contribution in [1.82, 2.24) is 15.0 Å². The molecule has 5 heteroatoms. The van der Waals surface area contributed by atoms with Gasteiger partial charge < -0.3 is 9.73 Å². The minimum atomic E-state index is -0.0526. The molecule has 0 aliphatic carbocycles. The Balaban J connectivity index is 1.08. The van der Waals surface area contributed by atoms with Gasteiger partial charge in [0.15, 0.2) is 17.5 Å². The molecule has 1 aliphatic heterocycles. The highest BCUT2D eigenvalue weighted by Crippen LogP contribution is 2.42. The molecule has 0 saturated heterocycles. The predicted octanol–water partition coefficient (Wildman–Crippen LogP) is 11.3. The van der Waals surface area contributed by atoms with E-state index in [-0.39, 0.29) is 6.04 Å². The Kier molecular flexibility index (Phi) is 6.18. The molecule has 0 radical (unpaired) electrons. The standard InChI is InChI=1S/C44H28N4O/c1-3-11-29(12-4-1)41-46-42(30-13-5-2-6-14-30)48-43(47-41)35-16-9-17-39-40(35)36-24-25-38(45-44(36)49-39)31-19-18-28-21-22-33-32-15-8-7-10-27(32)20-23-34(33)37(28)26-31/h1-26,38,45H. The van der Waals surface area contributed by atoms with Crippen LogP contribution in [0.25, 0.3) is 83.5 Å². The SMILES string of the molecule is C1=CC(c2ccc3ccc4c5ccccc5ccc4c3c2)Nc2oc3cccc(-c4nc(-c5ccccc5)nc(-c5ccccc5)n4)c3c21. The first kappa shape index (κ1) is 27.5. The van der Waals surface area contributed by atoms with E-state index in [2.05, 4.69) is 90.3 Å². The van der Waals surface area contributed by atoms with Crippen LogP contribution >= 0.6 is 0 Å². The molecule has 0 bridgehead atoms. The van der Waals surface area contributed by atoms with Crippen molar-refractivity contribution >= 4 is 55.2 Å². The second kappa shape index (κ2) is 11.0. The van der Waals surface area contributed by atoms with E-state index in [0.29, 0.717) is 17.5 Å². The van der Waals surface area contributed by atoms with E-state index < -0.39 is 0 Å². The van der Waals surface area contributed by atoms with Gasteiger partial charge in [0.1, 0.15) is 5.58 Å². The molecule has 5 nitrogen and oxygen atoms in total. The molecule has 0 amide bonds. The van der Waals surface area contributed by atoms with E-state index in [1.165, 1.54) is 37.9 Å². The number of benzene rings is 7. The van der Waals surface area contributed by atoms with Crippen LogP contribution < -0.4 is 5.32 Å². The van der Waals surface area contributed by atoms with Crippen LogP contribution in [0.4, 0.5) is 5.88 Å². The molecule has 9 aromatic rings. The highest BCUT2D eigenvalue weighted by atomic mass is 16.4. The molecule has 0 spiro atoms. The van der Waals surface area contributed by atoms with E-state index in [9.17, 15) is 0 Å². The first-order valence-electron chi connectivity index (χ1n) is 16.5. The van der Waals surface area contributed by atoms with Crippen molar-refractivity contribution in [3.8, 4) is 34.2 Å². The molecule has 0 fully saturated rings. The number of rotatable bonds is 4. The summed E-state index contributed by atoms with van der Waals surface area (Å²) < 4.78 is 6.51. The molecule has 230 valence electrons. The topological polar surface area (TPSA) is 63.8 Å². The molecule has 3 heterocycles. The van der Waals surface area contributed by atoms with Crippen molar-refractivity contribution in [2.75, 3.05) is 5.32 Å². The minimum absolute atomic E-state index is 0.0526. The van der Waals surface area contributed by atoms with Gasteiger partial charge in [-0.15, -0.1) is 0 Å². The summed E-state index contributed by atoms with van der Waals surface area (Å²) in [5.74, 6) is 2.60. The van der Waals surface area contributed by atoms with Gasteiger partial charge in [-0.3, -0.25) is 0 Å². The van der Waals surface area contributed by atoms with Gasteiger partial charge in [-0.1, -0.05) is 146 Å². The van der Waals surface area contributed by atoms with Crippen LogP contribution in [0.3, 0.4) is 0 Å². The van der Waals surface area contributed by atoms with Crippen LogP contribution in [0.2, 0.25) is 0 Å². The minimum Gasteiger partial charge on any atom is -0.440 e. The van der Waals surface area contributed by atoms with Crippen LogP contribution in [0, 0.1) is 0 Å². The van der Waals surface area contributed by atoms with Gasteiger partial charge in [-0.2, -0.15) is 0 Å². The number of fused-ring (bicyclic) bond motifs is 8. The molecule has 1 N–H and O–H groups in total. The van der Waals surface area contributed by atoms with Gasteiger partial charge >= 0.3 is 0 Å². The lowest BCUT2D eigenvalue weighted by molar-refractivity contribution is 0.619. The number of furan rings is 1. The maximum Gasteiger partial charge on any atom is 0.202 e. The summed E-state index contributed by atoms with van der Waals surface area (Å²) in [7, 11) is 0. The average Bonchev–Trinajstić information content (AvgIpc) is 3.56. The quantitative estimate of drug-likeness (QED) is 0.197. The fourth-order valence-electron chi connectivity index (χ4n) is 7.16. The average molecular weight is 629 g/mol. The summed E-state index contributed by atoms with van der Waals surface area (Å²) in [4.78, 5) is 14.9. The molecule has 0 saturated carbocycles. The van der Waals surface area contributed by atoms with Gasteiger partial charge in [0.2, 0.25) is 5.88 Å². The van der Waals surface area contributed by atoms with Gasteiger partial charge in [-0.25, -0.2) is 15.0 Å². The van der Waals surface area contributed by atoms with E-state index in [1.807, 2.05) is 72.8 Å². The Labute approximate surface area is 282 Å². The second-order valence-corrected chi connectivity index (χ2v) is 12.5. The number of nitrogens with one attached hydrogen (secondary N) is 1. The second-order valence-electron chi connectivity index (χ2n) is 12.5. The summed E-state index contributed by atoms with van der Waals surface area (Å²) in [6.07, 6.45) is 4.39. The van der Waals surface area contributed by atoms with Crippen molar-refractivity contribution in [3.05, 3.63) is 163 Å². The van der Waals surface area contributed by atoms with Crippen LogP contribution in [0.5, 0.6) is 0 Å². The molecule has 1 atom stereocenters. The fraction of sp³-hybridized carbons (Fsp3) is 0.0227. The zero-order valence-electron chi connectivity index (χ0n) is 26.3. The Morgan fingerprint density at radius 3 is 1.90 bits per heavy atom. The maximum atomic E-state index is 6.51. The van der Waals surface area contributed by atoms with Crippen LogP contribution in [-0.2, 0) is 0 Å². The lowest BCUT2D eigenvalue weighted by atomic mass is 9.93. The summed E-state index contributed by atoms with van der Waals surface area (Å²) >= 11 is 0. The van der Waals surface area contributed by atoms with Crippen molar-refractivity contribution in [2.24, 2.45) is 0 Å². The first-order valence-corrected chi connectivity index (χ1v) is 16.5. The number of hydrogen-bond donors (Lipinski definition) is 1. The Bertz CT molecular complexity index is 2690. The third-order valence-electron chi connectivity index (χ3n) is 9.56. The third kappa shape index (κ3) is 4.59. The molecular weight excluding hydrogens is 601 g/mol. The fourth-order valence-corrected chi connectivity index (χ4v) is 7.16. The molecule has 7 aromatic carbocycles. The molecule has 49 heavy (non-hydrogen) atoms. The van der Waals surface area contributed by atoms with Crippen molar-refractivity contribution in [2.45, 2.75) is 6.04 Å². The predicted molar refractivity (Wildman–Crippen MR) is 200 cm³/mol. The summed E-state index contributed by atoms with van der Waals surface area (Å²) in [5.41, 5.74) is 5.71. The normalized spacial score (nSPS) is 14.0. The van der Waals surface area contributed by atoms with E-state index in [1.54, 1.807) is 0 Å². The van der Waals surface area contributed by atoms with Crippen molar-refractivity contribution in [1.29, 1.82) is 0 Å². The molecule has 1 unspecified atom stereocenters. The van der Waals surface area contributed by atoms with E-state index >= 15 is 0 Å². The highest BCUT2D eigenvalue weighted by molar-refractivity contribution is 6.17. The number of nitrogens with zero attached hydrogens (tertiary/aromatic N) is 3. The van der Waals surface area contributed by atoms with Crippen molar-refractivity contribution < 1.29 is 4.42 Å². The molecule has 2 aromatic heterocycles. The Hall–Kier alpha value is -6.59. The monoisotopic (exact) mass is 628 g/mol. The largest absolute Gasteiger partial charge is 0.440 e. The number of anilines is 1. The summed E-state index contributed by atoms with van der Waals surface area (Å²) in [6, 6.07) is 50.4. The lowest BCUT2D eigenvalue weighted by Crippen LogP contribution is -2.11. The highest BCUT2D eigenvalue weighted by Gasteiger charge is 2.24. The van der Waals surface area contributed by atoms with E-state index in [4.69, 9.17) is 19.4 Å². The van der Waals surface area contributed by atoms with Crippen LogP contribution in [0.15, 0.2) is 156 Å². The summed E-state index contributed by atoms with van der Waals surface area (Å²) in [5, 5.41) is 12.2. The van der Waals surface area contributed by atoms with Gasteiger partial charge in [0, 0.05) is 27.6 Å². The van der Waals surface area contributed by atoms with Crippen LogP contribution in [0.1, 0.15) is 17.2 Å². The molecular formula is C44H28N4O. The zero-order chi connectivity index (χ0) is 32.3. The van der Waals surface area contributed by atoms with Gasteiger partial charge in [0.05, 0.1) is 6.04 Å². The van der Waals surface area contributed by atoms with Crippen LogP contribution in [-0.4, -0.2) is 15.0 Å². The number of aromatic nitrogens is 3. The van der Waals surface area contributed by atoms with E-state index in [0.717, 1.165) is 39.1 Å². The Morgan fingerprint density at radius 1 is 0.510 bits per heavy atom. The zero-order valence-corrected chi connectivity index (χ0v) is 26.3. The molecule has 10 rings (SSSR count). The van der Waals surface area contributed by atoms with Crippen molar-refractivity contribution in [3.63, 3.8) is 0 Å². The molecule has 1 aliphatic rings. The first-order chi connectivity index (χ1) is 24.3. The third-order valence-corrected chi connectivity index (χ3v) is 9.56. The van der Waals surface area contributed by atoms with Gasteiger partial charge in [0.25, 0.3) is 0 Å². The lowest BCUT2D eigenvalue weighted by Gasteiger charge is -2.20. The summed E-state index contributed by atoms with van der Waals surface area (Å²) in [6.45, 7) is 0.